The molecule has 0 saturated carbocycles. The van der Waals surface area contributed by atoms with Crippen LogP contribution in [0.5, 0.6) is 0 Å². The van der Waals surface area contributed by atoms with Crippen LogP contribution >= 0.6 is 34.5 Å². The third-order valence-electron chi connectivity index (χ3n) is 4.21. The fourth-order valence-electron chi connectivity index (χ4n) is 2.99. The summed E-state index contributed by atoms with van der Waals surface area (Å²) < 4.78 is 0. The maximum absolute atomic E-state index is 12.9. The summed E-state index contributed by atoms with van der Waals surface area (Å²) in [5.41, 5.74) is 2.50. The smallest absolute Gasteiger partial charge is 0.260 e. The van der Waals surface area contributed by atoms with E-state index in [0.717, 1.165) is 32.8 Å². The quantitative estimate of drug-likeness (QED) is 0.445. The molecule has 2 heterocycles. The van der Waals surface area contributed by atoms with E-state index in [9.17, 15) is 4.79 Å². The average Bonchev–Trinajstić information content (AvgIpc) is 3.04. The largest absolute Gasteiger partial charge is 0.306 e. The second-order valence-electron chi connectivity index (χ2n) is 5.84. The number of nitrogens with one attached hydrogen (secondary N) is 1. The third-order valence-corrected chi connectivity index (χ3v) is 6.18. The van der Waals surface area contributed by atoms with Crippen molar-refractivity contribution >= 4 is 44.8 Å². The fourth-order valence-corrected chi connectivity index (χ4v) is 4.42. The molecule has 0 unspecified atom stereocenters. The number of nitrogens with zero attached hydrogens (tertiary/aromatic N) is 1. The van der Waals surface area contributed by atoms with Gasteiger partial charge in [0.15, 0.2) is 0 Å². The third kappa shape index (κ3) is 2.94. The van der Waals surface area contributed by atoms with E-state index in [4.69, 9.17) is 28.2 Å². The lowest BCUT2D eigenvalue weighted by molar-refractivity contribution is 1.18. The van der Waals surface area contributed by atoms with Gasteiger partial charge in [-0.2, -0.15) is 0 Å². The zero-order chi connectivity index (χ0) is 18.3. The molecule has 130 valence electrons. The van der Waals surface area contributed by atoms with E-state index in [0.29, 0.717) is 21.3 Å². The molecule has 0 radical (unpaired) electrons. The lowest BCUT2D eigenvalue weighted by Gasteiger charge is -2.05. The number of thiophene rings is 1. The summed E-state index contributed by atoms with van der Waals surface area (Å²) in [5, 5.41) is 1.56. The zero-order valence-corrected chi connectivity index (χ0v) is 16.2. The Morgan fingerprint density at radius 3 is 2.50 bits per heavy atom. The maximum atomic E-state index is 12.9. The van der Waals surface area contributed by atoms with Gasteiger partial charge in [-0.05, 0) is 24.1 Å². The van der Waals surface area contributed by atoms with Crippen molar-refractivity contribution in [2.24, 2.45) is 0 Å². The molecule has 0 atom stereocenters. The summed E-state index contributed by atoms with van der Waals surface area (Å²) in [7, 11) is 0. The van der Waals surface area contributed by atoms with Crippen molar-refractivity contribution in [3.8, 4) is 22.5 Å². The molecule has 4 aromatic rings. The highest BCUT2D eigenvalue weighted by Crippen LogP contribution is 2.39. The van der Waals surface area contributed by atoms with E-state index < -0.39 is 0 Å². The number of aromatic nitrogens is 2. The van der Waals surface area contributed by atoms with Crippen LogP contribution in [0.4, 0.5) is 0 Å². The van der Waals surface area contributed by atoms with Crippen molar-refractivity contribution < 1.29 is 0 Å². The van der Waals surface area contributed by atoms with Gasteiger partial charge < -0.3 is 4.98 Å². The number of halogens is 2. The molecule has 0 fully saturated rings. The van der Waals surface area contributed by atoms with Crippen molar-refractivity contribution in [2.45, 2.75) is 13.3 Å². The molecule has 3 nitrogen and oxygen atoms in total. The second-order valence-corrected chi connectivity index (χ2v) is 7.74. The minimum absolute atomic E-state index is 0.147. The van der Waals surface area contributed by atoms with E-state index in [1.54, 1.807) is 23.5 Å². The van der Waals surface area contributed by atoms with Crippen LogP contribution in [0.2, 0.25) is 10.0 Å². The van der Waals surface area contributed by atoms with Crippen LogP contribution in [-0.2, 0) is 6.42 Å². The number of hydrogen-bond acceptors (Lipinski definition) is 3. The van der Waals surface area contributed by atoms with Gasteiger partial charge >= 0.3 is 0 Å². The van der Waals surface area contributed by atoms with E-state index in [-0.39, 0.29) is 5.56 Å². The van der Waals surface area contributed by atoms with Gasteiger partial charge in [-0.15, -0.1) is 11.3 Å². The normalized spacial score (nSPS) is 11.2. The van der Waals surface area contributed by atoms with Gasteiger partial charge in [-0.25, -0.2) is 4.98 Å². The Kier molecular flexibility index (Phi) is 4.57. The van der Waals surface area contributed by atoms with Gasteiger partial charge in [0.2, 0.25) is 0 Å². The highest BCUT2D eigenvalue weighted by Gasteiger charge is 2.19. The maximum Gasteiger partial charge on any atom is 0.260 e. The van der Waals surface area contributed by atoms with Crippen LogP contribution in [0, 0.1) is 0 Å². The molecule has 0 saturated heterocycles. The van der Waals surface area contributed by atoms with Crippen molar-refractivity contribution in [1.29, 1.82) is 0 Å². The van der Waals surface area contributed by atoms with E-state index in [2.05, 4.69) is 11.9 Å². The van der Waals surface area contributed by atoms with Crippen molar-refractivity contribution in [3.05, 3.63) is 73.8 Å². The SMILES string of the molecule is CCc1sc2nc(-c3ccccc3)[nH]c(=O)c2c1-c1ccc(Cl)c(Cl)c1. The lowest BCUT2D eigenvalue weighted by atomic mass is 10.0. The number of hydrogen-bond donors (Lipinski definition) is 1. The van der Waals surface area contributed by atoms with Crippen LogP contribution in [0.3, 0.4) is 0 Å². The Morgan fingerprint density at radius 2 is 1.81 bits per heavy atom. The number of H-pyrrole nitrogens is 1. The van der Waals surface area contributed by atoms with Crippen molar-refractivity contribution in [2.75, 3.05) is 0 Å². The second kappa shape index (κ2) is 6.88. The first kappa shape index (κ1) is 17.3. The zero-order valence-electron chi connectivity index (χ0n) is 13.8. The first-order valence-electron chi connectivity index (χ1n) is 8.15. The van der Waals surface area contributed by atoms with Crippen LogP contribution in [0.1, 0.15) is 11.8 Å². The minimum atomic E-state index is -0.147. The number of benzene rings is 2. The van der Waals surface area contributed by atoms with Gasteiger partial charge in [-0.1, -0.05) is 66.5 Å². The molecule has 0 aliphatic carbocycles. The predicted octanol–water partition coefficient (Wildman–Crippen LogP) is 6.19. The lowest BCUT2D eigenvalue weighted by Crippen LogP contribution is -2.09. The molecule has 1 N–H and O–H groups in total. The van der Waals surface area contributed by atoms with Gasteiger partial charge in [0, 0.05) is 16.0 Å². The van der Waals surface area contributed by atoms with E-state index >= 15 is 0 Å². The Bertz CT molecular complexity index is 1170. The summed E-state index contributed by atoms with van der Waals surface area (Å²) in [5.74, 6) is 0.577. The van der Waals surface area contributed by atoms with Gasteiger partial charge in [0.25, 0.3) is 5.56 Å². The fraction of sp³-hybridized carbons (Fsp3) is 0.100. The Morgan fingerprint density at radius 1 is 1.04 bits per heavy atom. The molecular weight excluding hydrogens is 387 g/mol. The highest BCUT2D eigenvalue weighted by atomic mass is 35.5. The molecule has 2 aromatic heterocycles. The highest BCUT2D eigenvalue weighted by molar-refractivity contribution is 7.19. The number of aryl methyl sites for hydroxylation is 1. The Labute approximate surface area is 164 Å². The molecule has 0 bridgehead atoms. The summed E-state index contributed by atoms with van der Waals surface area (Å²) in [4.78, 5) is 22.4. The minimum Gasteiger partial charge on any atom is -0.306 e. The van der Waals surface area contributed by atoms with Crippen molar-refractivity contribution in [1.82, 2.24) is 9.97 Å². The van der Waals surface area contributed by atoms with Crippen molar-refractivity contribution in [3.63, 3.8) is 0 Å². The standard InChI is InChI=1S/C20H14Cl2N2OS/c1-2-15-16(12-8-9-13(21)14(22)10-12)17-19(25)23-18(24-20(17)26-15)11-6-4-3-5-7-11/h3-10H,2H2,1H3,(H,23,24,25). The monoisotopic (exact) mass is 400 g/mol. The first-order chi connectivity index (χ1) is 12.6. The summed E-state index contributed by atoms with van der Waals surface area (Å²) in [6, 6.07) is 15.1. The Balaban J connectivity index is 1.99. The molecule has 6 heteroatoms. The molecule has 4 rings (SSSR count). The molecule has 26 heavy (non-hydrogen) atoms. The van der Waals surface area contributed by atoms with Crippen LogP contribution < -0.4 is 5.56 Å². The number of aromatic amines is 1. The summed E-state index contributed by atoms with van der Waals surface area (Å²) >= 11 is 13.8. The predicted molar refractivity (Wildman–Crippen MR) is 111 cm³/mol. The van der Waals surface area contributed by atoms with Gasteiger partial charge in [0.1, 0.15) is 10.7 Å². The van der Waals surface area contributed by atoms with Gasteiger partial charge in [-0.3, -0.25) is 4.79 Å². The molecule has 0 aliphatic heterocycles. The van der Waals surface area contributed by atoms with E-state index in [1.165, 1.54) is 0 Å². The summed E-state index contributed by atoms with van der Waals surface area (Å²) in [6.07, 6.45) is 0.802. The Hall–Kier alpha value is -2.14. The molecule has 0 spiro atoms. The summed E-state index contributed by atoms with van der Waals surface area (Å²) in [6.45, 7) is 2.07. The molecule has 0 aliphatic rings. The molecular formula is C20H14Cl2N2OS. The molecule has 2 aromatic carbocycles. The first-order valence-corrected chi connectivity index (χ1v) is 9.72. The molecule has 0 amide bonds. The van der Waals surface area contributed by atoms with Crippen LogP contribution in [0.25, 0.3) is 32.7 Å². The topological polar surface area (TPSA) is 45.8 Å². The number of fused-ring (bicyclic) bond motifs is 1. The van der Waals surface area contributed by atoms with Crippen LogP contribution in [-0.4, -0.2) is 9.97 Å². The number of rotatable bonds is 3. The average molecular weight is 401 g/mol. The van der Waals surface area contributed by atoms with E-state index in [1.807, 2.05) is 36.4 Å². The van der Waals surface area contributed by atoms with Gasteiger partial charge in [0.05, 0.1) is 15.4 Å². The van der Waals surface area contributed by atoms with Crippen LogP contribution in [0.15, 0.2) is 53.3 Å².